The first-order chi connectivity index (χ1) is 12.2. The fraction of sp³-hybridized carbons (Fsp3) is 0.278. The van der Waals surface area contributed by atoms with Crippen LogP contribution in [0.2, 0.25) is 5.02 Å². The Labute approximate surface area is 152 Å². The van der Waals surface area contributed by atoms with Gasteiger partial charge in [0.25, 0.3) is 5.91 Å². The van der Waals surface area contributed by atoms with Crippen LogP contribution in [0.1, 0.15) is 27.0 Å². The zero-order valence-electron chi connectivity index (χ0n) is 13.7. The van der Waals surface area contributed by atoms with Crippen LogP contribution in [0.3, 0.4) is 0 Å². The summed E-state index contributed by atoms with van der Waals surface area (Å²) in [5.41, 5.74) is 0.282. The number of hydrogen-bond acceptors (Lipinski definition) is 2. The molecule has 1 heterocycles. The van der Waals surface area contributed by atoms with Gasteiger partial charge in [-0.05, 0) is 24.6 Å². The first kappa shape index (κ1) is 18.5. The number of carbonyl (C=O) groups excluding carboxylic acids is 1. The molecular weight excluding hydrogens is 374 g/mol. The summed E-state index contributed by atoms with van der Waals surface area (Å²) in [4.78, 5) is 13.6. The number of alkyl halides is 3. The van der Waals surface area contributed by atoms with Gasteiger partial charge in [0.1, 0.15) is 18.2 Å². The highest BCUT2D eigenvalue weighted by molar-refractivity contribution is 6.31. The van der Waals surface area contributed by atoms with Crippen LogP contribution >= 0.6 is 11.6 Å². The molecule has 0 aliphatic carbocycles. The quantitative estimate of drug-likeness (QED) is 0.714. The molecule has 1 aliphatic rings. The first-order valence-corrected chi connectivity index (χ1v) is 8.11. The van der Waals surface area contributed by atoms with E-state index in [4.69, 9.17) is 16.3 Å². The van der Waals surface area contributed by atoms with Gasteiger partial charge in [-0.25, -0.2) is 4.39 Å². The first-order valence-electron chi connectivity index (χ1n) is 7.73. The van der Waals surface area contributed by atoms with Crippen molar-refractivity contribution in [3.63, 3.8) is 0 Å². The molecule has 0 saturated carbocycles. The second-order valence-corrected chi connectivity index (χ2v) is 6.41. The summed E-state index contributed by atoms with van der Waals surface area (Å²) in [5.74, 6) is -0.735. The number of ether oxygens (including phenoxy) is 1. The Bertz CT molecular complexity index is 867. The van der Waals surface area contributed by atoms with Crippen LogP contribution in [0.25, 0.3) is 0 Å². The normalized spacial score (nSPS) is 14.4. The Kier molecular flexibility index (Phi) is 4.84. The van der Waals surface area contributed by atoms with Gasteiger partial charge in [0.15, 0.2) is 0 Å². The van der Waals surface area contributed by atoms with Crippen molar-refractivity contribution < 1.29 is 27.1 Å². The summed E-state index contributed by atoms with van der Waals surface area (Å²) in [5, 5.41) is -0.0964. The third kappa shape index (κ3) is 3.62. The molecule has 0 N–H and O–H groups in total. The summed E-state index contributed by atoms with van der Waals surface area (Å²) < 4.78 is 57.5. The van der Waals surface area contributed by atoms with E-state index in [0.717, 1.165) is 24.3 Å². The molecule has 0 saturated heterocycles. The third-order valence-corrected chi connectivity index (χ3v) is 4.56. The topological polar surface area (TPSA) is 29.5 Å². The molecule has 0 spiro atoms. The monoisotopic (exact) mass is 387 g/mol. The fourth-order valence-corrected chi connectivity index (χ4v) is 3.01. The molecule has 0 unspecified atom stereocenters. The van der Waals surface area contributed by atoms with Gasteiger partial charge in [-0.2, -0.15) is 13.2 Å². The molecule has 0 radical (unpaired) electrons. The van der Waals surface area contributed by atoms with E-state index in [-0.39, 0.29) is 28.8 Å². The number of fused-ring (bicyclic) bond motifs is 1. The lowest BCUT2D eigenvalue weighted by Gasteiger charge is -2.26. The van der Waals surface area contributed by atoms with Crippen molar-refractivity contribution in [2.45, 2.75) is 19.2 Å². The van der Waals surface area contributed by atoms with Crippen molar-refractivity contribution in [2.75, 3.05) is 13.6 Å². The molecular formula is C18H14ClF4NO2. The van der Waals surface area contributed by atoms with Crippen molar-refractivity contribution in [1.82, 2.24) is 4.90 Å². The standard InChI is InChI=1S/C18H14ClF4NO2/c1-24-5-4-13-14(17(24)25)7-12(20)8-16(13)26-9-10-2-3-11(6-15(10)19)18(21,22)23/h2-3,6-8H,4-5,9H2,1H3. The third-order valence-electron chi connectivity index (χ3n) is 4.21. The van der Waals surface area contributed by atoms with E-state index in [9.17, 15) is 22.4 Å². The molecule has 0 aromatic heterocycles. The number of benzene rings is 2. The predicted molar refractivity (Wildman–Crippen MR) is 87.9 cm³/mol. The smallest absolute Gasteiger partial charge is 0.416 e. The van der Waals surface area contributed by atoms with Crippen molar-refractivity contribution in [3.05, 3.63) is 63.4 Å². The maximum atomic E-state index is 13.8. The number of amides is 1. The van der Waals surface area contributed by atoms with Gasteiger partial charge in [0, 0.05) is 41.4 Å². The zero-order valence-corrected chi connectivity index (χ0v) is 14.4. The second-order valence-electron chi connectivity index (χ2n) is 6.00. The van der Waals surface area contributed by atoms with Gasteiger partial charge in [0.05, 0.1) is 5.56 Å². The Morgan fingerprint density at radius 3 is 2.62 bits per heavy atom. The zero-order chi connectivity index (χ0) is 19.1. The van der Waals surface area contributed by atoms with Crippen molar-refractivity contribution in [1.29, 1.82) is 0 Å². The lowest BCUT2D eigenvalue weighted by Crippen LogP contribution is -2.34. The number of carbonyl (C=O) groups is 1. The number of hydrogen-bond donors (Lipinski definition) is 0. The van der Waals surface area contributed by atoms with E-state index in [1.54, 1.807) is 7.05 Å². The van der Waals surface area contributed by atoms with Crippen LogP contribution in [0, 0.1) is 5.82 Å². The van der Waals surface area contributed by atoms with Crippen molar-refractivity contribution in [2.24, 2.45) is 0 Å². The Hall–Kier alpha value is -2.28. The Balaban J connectivity index is 1.85. The van der Waals surface area contributed by atoms with Gasteiger partial charge in [0.2, 0.25) is 0 Å². The van der Waals surface area contributed by atoms with Crippen molar-refractivity contribution >= 4 is 17.5 Å². The molecule has 1 aliphatic heterocycles. The Morgan fingerprint density at radius 1 is 1.23 bits per heavy atom. The molecule has 2 aromatic carbocycles. The highest BCUT2D eigenvalue weighted by Crippen LogP contribution is 2.33. The molecule has 0 bridgehead atoms. The lowest BCUT2D eigenvalue weighted by molar-refractivity contribution is -0.137. The summed E-state index contributed by atoms with van der Waals surface area (Å²) >= 11 is 5.90. The molecule has 3 nitrogen and oxygen atoms in total. The average Bonchev–Trinajstić information content (AvgIpc) is 2.56. The molecule has 0 atom stereocenters. The maximum absolute atomic E-state index is 13.8. The van der Waals surface area contributed by atoms with Gasteiger partial charge in [-0.15, -0.1) is 0 Å². The van der Waals surface area contributed by atoms with Crippen LogP contribution in [-0.2, 0) is 19.2 Å². The van der Waals surface area contributed by atoms with E-state index in [1.807, 2.05) is 0 Å². The molecule has 0 fully saturated rings. The summed E-state index contributed by atoms with van der Waals surface area (Å²) in [6.07, 6.45) is -4.00. The number of halogens is 5. The van der Waals surface area contributed by atoms with E-state index < -0.39 is 17.6 Å². The molecule has 8 heteroatoms. The molecule has 26 heavy (non-hydrogen) atoms. The highest BCUT2D eigenvalue weighted by Gasteiger charge is 2.31. The van der Waals surface area contributed by atoms with Crippen LogP contribution in [0.4, 0.5) is 17.6 Å². The van der Waals surface area contributed by atoms with Gasteiger partial charge in [-0.3, -0.25) is 4.79 Å². The minimum atomic E-state index is -4.49. The van der Waals surface area contributed by atoms with Gasteiger partial charge in [-0.1, -0.05) is 17.7 Å². The van der Waals surface area contributed by atoms with E-state index in [0.29, 0.717) is 24.1 Å². The van der Waals surface area contributed by atoms with Gasteiger partial charge < -0.3 is 9.64 Å². The van der Waals surface area contributed by atoms with Crippen molar-refractivity contribution in [3.8, 4) is 5.75 Å². The number of likely N-dealkylation sites (N-methyl/N-ethyl adjacent to an activating group) is 1. The van der Waals surface area contributed by atoms with E-state index >= 15 is 0 Å². The summed E-state index contributed by atoms with van der Waals surface area (Å²) in [7, 11) is 1.62. The fourth-order valence-electron chi connectivity index (χ4n) is 2.77. The number of rotatable bonds is 3. The maximum Gasteiger partial charge on any atom is 0.416 e. The molecule has 1 amide bonds. The Morgan fingerprint density at radius 2 is 1.96 bits per heavy atom. The predicted octanol–water partition coefficient (Wildman–Crippen LogP) is 4.71. The summed E-state index contributed by atoms with van der Waals surface area (Å²) in [6, 6.07) is 5.26. The second kappa shape index (κ2) is 6.79. The minimum Gasteiger partial charge on any atom is -0.488 e. The molecule has 138 valence electrons. The van der Waals surface area contributed by atoms with Crippen LogP contribution in [0.5, 0.6) is 5.75 Å². The highest BCUT2D eigenvalue weighted by atomic mass is 35.5. The lowest BCUT2D eigenvalue weighted by atomic mass is 9.98. The van der Waals surface area contributed by atoms with E-state index in [2.05, 4.69) is 0 Å². The van der Waals surface area contributed by atoms with Crippen LogP contribution in [-0.4, -0.2) is 24.4 Å². The minimum absolute atomic E-state index is 0.0964. The average molecular weight is 388 g/mol. The molecule has 3 rings (SSSR count). The molecule has 2 aromatic rings. The largest absolute Gasteiger partial charge is 0.488 e. The summed E-state index contributed by atoms with van der Waals surface area (Å²) in [6.45, 7) is 0.325. The SMILES string of the molecule is CN1CCc2c(OCc3ccc(C(F)(F)F)cc3Cl)cc(F)cc2C1=O. The van der Waals surface area contributed by atoms with Crippen LogP contribution in [0.15, 0.2) is 30.3 Å². The number of nitrogens with zero attached hydrogens (tertiary/aromatic N) is 1. The van der Waals surface area contributed by atoms with Gasteiger partial charge >= 0.3 is 6.18 Å². The van der Waals surface area contributed by atoms with E-state index in [1.165, 1.54) is 11.0 Å². The van der Waals surface area contributed by atoms with Crippen LogP contribution < -0.4 is 4.74 Å².